The Kier molecular flexibility index (Phi) is 7.96. The zero-order chi connectivity index (χ0) is 23.3. The number of rotatable bonds is 8. The molecule has 0 aromatic heterocycles. The van der Waals surface area contributed by atoms with Crippen LogP contribution < -0.4 is 14.8 Å². The molecule has 2 aliphatic heterocycles. The summed E-state index contributed by atoms with van der Waals surface area (Å²) < 4.78 is 43.2. The van der Waals surface area contributed by atoms with Crippen LogP contribution in [0, 0.1) is 0 Å². The van der Waals surface area contributed by atoms with Crippen LogP contribution in [-0.2, 0) is 24.3 Å². The number of benzene rings is 1. The van der Waals surface area contributed by atoms with Gasteiger partial charge in [0.25, 0.3) is 5.91 Å². The molecule has 1 saturated heterocycles. The standard InChI is InChI=1S/C21H31N3O7S/c1-4-32(27,28)23-14-5-8-18-16(11-14)21(26)24(2)17-7-6-15(31-19(17)13-30-18)12-20(25)22-9-10-29-3/h5,8,11,15,17,19,23H,4,6-7,9-10,12-13H2,1-3H3,(H,22,25)/t15-,17-,19+/m0/s1. The van der Waals surface area contributed by atoms with E-state index in [1.807, 2.05) is 0 Å². The number of carbonyl (C=O) groups is 2. The van der Waals surface area contributed by atoms with Crippen molar-refractivity contribution in [3.05, 3.63) is 23.8 Å². The molecule has 11 heteroatoms. The van der Waals surface area contributed by atoms with E-state index in [1.165, 1.54) is 13.0 Å². The molecule has 178 valence electrons. The molecule has 0 saturated carbocycles. The molecule has 1 fully saturated rings. The highest BCUT2D eigenvalue weighted by atomic mass is 32.2. The molecule has 2 amide bonds. The normalized spacial score (nSPS) is 23.3. The smallest absolute Gasteiger partial charge is 0.257 e. The fraction of sp³-hybridized carbons (Fsp3) is 0.619. The predicted molar refractivity (Wildman–Crippen MR) is 118 cm³/mol. The molecule has 0 radical (unpaired) electrons. The molecule has 0 spiro atoms. The second-order valence-corrected chi connectivity index (χ2v) is 9.94. The molecule has 0 bridgehead atoms. The largest absolute Gasteiger partial charge is 0.490 e. The van der Waals surface area contributed by atoms with Crippen molar-refractivity contribution < 1.29 is 32.2 Å². The summed E-state index contributed by atoms with van der Waals surface area (Å²) in [6.07, 6.45) is 0.919. The van der Waals surface area contributed by atoms with E-state index in [9.17, 15) is 18.0 Å². The summed E-state index contributed by atoms with van der Waals surface area (Å²) in [4.78, 5) is 26.9. The minimum Gasteiger partial charge on any atom is -0.490 e. The maximum Gasteiger partial charge on any atom is 0.257 e. The molecule has 1 aromatic carbocycles. The van der Waals surface area contributed by atoms with Crippen molar-refractivity contribution in [2.24, 2.45) is 0 Å². The fourth-order valence-corrected chi connectivity index (χ4v) is 4.54. The molecule has 1 aromatic rings. The summed E-state index contributed by atoms with van der Waals surface area (Å²) in [6, 6.07) is 4.43. The molecule has 2 N–H and O–H groups in total. The first kappa shape index (κ1) is 24.3. The Hall–Kier alpha value is -2.37. The van der Waals surface area contributed by atoms with E-state index in [1.54, 1.807) is 31.2 Å². The minimum absolute atomic E-state index is 0.0684. The van der Waals surface area contributed by atoms with Gasteiger partial charge in [-0.2, -0.15) is 0 Å². The quantitative estimate of drug-likeness (QED) is 0.544. The summed E-state index contributed by atoms with van der Waals surface area (Å²) in [5.74, 6) is -0.0790. The third kappa shape index (κ3) is 5.90. The lowest BCUT2D eigenvalue weighted by Crippen LogP contribution is -2.54. The van der Waals surface area contributed by atoms with E-state index in [-0.39, 0.29) is 48.8 Å². The second kappa shape index (κ2) is 10.5. The lowest BCUT2D eigenvalue weighted by Gasteiger charge is -2.42. The van der Waals surface area contributed by atoms with Gasteiger partial charge in [0.1, 0.15) is 18.5 Å². The van der Waals surface area contributed by atoms with Gasteiger partial charge in [-0.05, 0) is 38.0 Å². The van der Waals surface area contributed by atoms with Gasteiger partial charge in [-0.25, -0.2) is 8.42 Å². The van der Waals surface area contributed by atoms with Crippen LogP contribution in [0.5, 0.6) is 5.75 Å². The molecule has 0 unspecified atom stereocenters. The third-order valence-electron chi connectivity index (χ3n) is 5.71. The van der Waals surface area contributed by atoms with Crippen LogP contribution in [0.25, 0.3) is 0 Å². The first-order chi connectivity index (χ1) is 15.2. The lowest BCUT2D eigenvalue weighted by atomic mass is 9.94. The number of ether oxygens (including phenoxy) is 3. The van der Waals surface area contributed by atoms with Crippen molar-refractivity contribution >= 4 is 27.5 Å². The van der Waals surface area contributed by atoms with Gasteiger partial charge >= 0.3 is 0 Å². The van der Waals surface area contributed by atoms with E-state index in [0.29, 0.717) is 43.0 Å². The average molecular weight is 470 g/mol. The number of hydrogen-bond donors (Lipinski definition) is 2. The van der Waals surface area contributed by atoms with E-state index in [4.69, 9.17) is 14.2 Å². The van der Waals surface area contributed by atoms with Crippen molar-refractivity contribution in [2.45, 2.75) is 44.4 Å². The maximum atomic E-state index is 13.2. The Morgan fingerprint density at radius 1 is 1.31 bits per heavy atom. The Labute approximate surface area is 188 Å². The van der Waals surface area contributed by atoms with Crippen LogP contribution in [0.1, 0.15) is 36.5 Å². The number of hydrogen-bond acceptors (Lipinski definition) is 7. The zero-order valence-corrected chi connectivity index (χ0v) is 19.4. The molecular formula is C21H31N3O7S. The van der Waals surface area contributed by atoms with Gasteiger partial charge in [0.05, 0.1) is 36.5 Å². The van der Waals surface area contributed by atoms with E-state index < -0.39 is 10.0 Å². The monoisotopic (exact) mass is 469 g/mol. The van der Waals surface area contributed by atoms with Crippen molar-refractivity contribution in [1.82, 2.24) is 10.2 Å². The number of amides is 2. The number of carbonyl (C=O) groups excluding carboxylic acids is 2. The summed E-state index contributed by atoms with van der Waals surface area (Å²) >= 11 is 0. The number of nitrogens with zero attached hydrogens (tertiary/aromatic N) is 1. The molecule has 0 aliphatic carbocycles. The number of methoxy groups -OCH3 is 1. The molecule has 2 heterocycles. The highest BCUT2D eigenvalue weighted by Gasteiger charge is 2.39. The summed E-state index contributed by atoms with van der Waals surface area (Å²) in [5, 5.41) is 2.79. The zero-order valence-electron chi connectivity index (χ0n) is 18.6. The number of fused-ring (bicyclic) bond motifs is 2. The van der Waals surface area contributed by atoms with Gasteiger partial charge in [-0.15, -0.1) is 0 Å². The Morgan fingerprint density at radius 3 is 2.81 bits per heavy atom. The lowest BCUT2D eigenvalue weighted by molar-refractivity contribution is -0.134. The third-order valence-corrected chi connectivity index (χ3v) is 7.01. The number of sulfonamides is 1. The molecular weight excluding hydrogens is 438 g/mol. The van der Waals surface area contributed by atoms with Gasteiger partial charge in [0.15, 0.2) is 0 Å². The summed E-state index contributed by atoms with van der Waals surface area (Å²) in [7, 11) is -0.182. The van der Waals surface area contributed by atoms with Gasteiger partial charge < -0.3 is 24.4 Å². The highest BCUT2D eigenvalue weighted by Crippen LogP contribution is 2.32. The maximum absolute atomic E-state index is 13.2. The first-order valence-electron chi connectivity index (χ1n) is 10.7. The van der Waals surface area contributed by atoms with Gasteiger partial charge in [0, 0.05) is 26.4 Å². The Morgan fingerprint density at radius 2 is 2.09 bits per heavy atom. The molecule has 3 atom stereocenters. The molecule has 2 aliphatic rings. The van der Waals surface area contributed by atoms with Crippen molar-refractivity contribution in [1.29, 1.82) is 0 Å². The van der Waals surface area contributed by atoms with E-state index >= 15 is 0 Å². The van der Waals surface area contributed by atoms with E-state index in [2.05, 4.69) is 10.0 Å². The first-order valence-corrected chi connectivity index (χ1v) is 12.3. The number of likely N-dealkylation sites (N-methyl/N-ethyl adjacent to an activating group) is 1. The topological polar surface area (TPSA) is 123 Å². The van der Waals surface area contributed by atoms with Crippen LogP contribution >= 0.6 is 0 Å². The summed E-state index contributed by atoms with van der Waals surface area (Å²) in [6.45, 7) is 2.65. The average Bonchev–Trinajstić information content (AvgIpc) is 2.76. The highest BCUT2D eigenvalue weighted by molar-refractivity contribution is 7.92. The van der Waals surface area contributed by atoms with Gasteiger partial charge in [-0.3, -0.25) is 14.3 Å². The van der Waals surface area contributed by atoms with Crippen LogP contribution in [0.3, 0.4) is 0 Å². The van der Waals surface area contributed by atoms with Crippen molar-refractivity contribution in [2.75, 3.05) is 44.4 Å². The van der Waals surface area contributed by atoms with Gasteiger partial charge in [-0.1, -0.05) is 0 Å². The Bertz CT molecular complexity index is 937. The van der Waals surface area contributed by atoms with Crippen LogP contribution in [0.2, 0.25) is 0 Å². The SMILES string of the molecule is CCS(=O)(=O)Nc1ccc2c(c1)C(=O)N(C)[C@H]1CC[C@@H](CC(=O)NCCOC)O[C@@H]1CO2. The van der Waals surface area contributed by atoms with Crippen LogP contribution in [0.15, 0.2) is 18.2 Å². The summed E-state index contributed by atoms with van der Waals surface area (Å²) in [5.41, 5.74) is 0.606. The fourth-order valence-electron chi connectivity index (χ4n) is 3.91. The van der Waals surface area contributed by atoms with Crippen LogP contribution in [-0.4, -0.2) is 83.1 Å². The molecule has 3 rings (SSSR count). The minimum atomic E-state index is -3.46. The van der Waals surface area contributed by atoms with Gasteiger partial charge in [0.2, 0.25) is 15.9 Å². The Balaban J connectivity index is 1.71. The molecule has 32 heavy (non-hydrogen) atoms. The number of nitrogens with one attached hydrogen (secondary N) is 2. The predicted octanol–water partition coefficient (Wildman–Crippen LogP) is 0.982. The van der Waals surface area contributed by atoms with Crippen LogP contribution in [0.4, 0.5) is 5.69 Å². The molecule has 10 nitrogen and oxygen atoms in total. The second-order valence-electron chi connectivity index (χ2n) is 7.93. The van der Waals surface area contributed by atoms with Crippen molar-refractivity contribution in [3.8, 4) is 5.75 Å². The van der Waals surface area contributed by atoms with Crippen molar-refractivity contribution in [3.63, 3.8) is 0 Å². The number of anilines is 1. The van der Waals surface area contributed by atoms with E-state index in [0.717, 1.165) is 0 Å².